The van der Waals surface area contributed by atoms with Crippen LogP contribution in [0.15, 0.2) is 60.8 Å². The summed E-state index contributed by atoms with van der Waals surface area (Å²) in [7, 11) is 0. The second-order valence-electron chi connectivity index (χ2n) is 8.20. The van der Waals surface area contributed by atoms with E-state index in [-0.39, 0.29) is 24.5 Å². The van der Waals surface area contributed by atoms with Gasteiger partial charge < -0.3 is 14.4 Å². The number of rotatable bonds is 9. The number of benzene rings is 2. The van der Waals surface area contributed by atoms with Crippen LogP contribution in [0.3, 0.4) is 0 Å². The number of amides is 2. The van der Waals surface area contributed by atoms with Gasteiger partial charge in [-0.2, -0.15) is 0 Å². The first kappa shape index (κ1) is 23.5. The summed E-state index contributed by atoms with van der Waals surface area (Å²) < 4.78 is 13.1. The first-order valence-electron chi connectivity index (χ1n) is 11.6. The normalized spacial score (nSPS) is 15.2. The van der Waals surface area contributed by atoms with Crippen molar-refractivity contribution in [2.45, 2.75) is 32.8 Å². The SMILES string of the molecule is CCOc1cccc(-n2cc(-c3ccccc3)nc2NC(=O)CN(CC2CCCO2)C(C)=O)c1. The Kier molecular flexibility index (Phi) is 7.59. The molecule has 8 heteroatoms. The zero-order chi connectivity index (χ0) is 23.9. The molecule has 1 atom stereocenters. The molecule has 178 valence electrons. The standard InChI is InChI=1S/C26H30N4O4/c1-3-33-22-12-7-11-21(15-22)30-17-24(20-9-5-4-6-10-20)27-26(30)28-25(32)18-29(19(2)31)16-23-13-8-14-34-23/h4-7,9-12,15,17,23H,3,8,13-14,16,18H2,1-2H3,(H,27,28,32). The molecule has 1 saturated heterocycles. The summed E-state index contributed by atoms with van der Waals surface area (Å²) in [5, 5.41) is 2.90. The number of hydrogen-bond acceptors (Lipinski definition) is 5. The molecule has 2 aromatic carbocycles. The molecule has 1 fully saturated rings. The highest BCUT2D eigenvalue weighted by molar-refractivity contribution is 5.93. The van der Waals surface area contributed by atoms with Crippen LogP contribution in [0, 0.1) is 0 Å². The van der Waals surface area contributed by atoms with Crippen LogP contribution in [-0.4, -0.2) is 58.7 Å². The van der Waals surface area contributed by atoms with Gasteiger partial charge in [-0.1, -0.05) is 36.4 Å². The van der Waals surface area contributed by atoms with E-state index in [0.717, 1.165) is 35.5 Å². The van der Waals surface area contributed by atoms with Crippen molar-refractivity contribution in [2.75, 3.05) is 31.6 Å². The third-order valence-corrected chi connectivity index (χ3v) is 5.66. The van der Waals surface area contributed by atoms with Crippen LogP contribution in [0.1, 0.15) is 26.7 Å². The van der Waals surface area contributed by atoms with E-state index >= 15 is 0 Å². The lowest BCUT2D eigenvalue weighted by Gasteiger charge is -2.23. The summed E-state index contributed by atoms with van der Waals surface area (Å²) in [5.74, 6) is 0.619. The van der Waals surface area contributed by atoms with E-state index in [2.05, 4.69) is 10.3 Å². The van der Waals surface area contributed by atoms with Crippen LogP contribution in [0.2, 0.25) is 0 Å². The van der Waals surface area contributed by atoms with E-state index in [9.17, 15) is 9.59 Å². The van der Waals surface area contributed by atoms with Gasteiger partial charge in [-0.15, -0.1) is 0 Å². The summed E-state index contributed by atoms with van der Waals surface area (Å²) in [5.41, 5.74) is 2.46. The lowest BCUT2D eigenvalue weighted by Crippen LogP contribution is -2.41. The van der Waals surface area contributed by atoms with Crippen LogP contribution in [0.25, 0.3) is 16.9 Å². The average molecular weight is 463 g/mol. The molecule has 3 aromatic rings. The van der Waals surface area contributed by atoms with Gasteiger partial charge in [0.05, 0.1) is 24.1 Å². The van der Waals surface area contributed by atoms with Crippen molar-refractivity contribution in [2.24, 2.45) is 0 Å². The number of ether oxygens (including phenoxy) is 2. The van der Waals surface area contributed by atoms with E-state index in [1.807, 2.05) is 72.3 Å². The van der Waals surface area contributed by atoms with Gasteiger partial charge in [0.1, 0.15) is 12.3 Å². The topological polar surface area (TPSA) is 85.7 Å². The molecular formula is C26H30N4O4. The van der Waals surface area contributed by atoms with Gasteiger partial charge in [-0.05, 0) is 31.9 Å². The summed E-state index contributed by atoms with van der Waals surface area (Å²) >= 11 is 0. The highest BCUT2D eigenvalue weighted by Crippen LogP contribution is 2.26. The van der Waals surface area contributed by atoms with Gasteiger partial charge in [0.2, 0.25) is 17.8 Å². The molecule has 1 N–H and O–H groups in total. The summed E-state index contributed by atoms with van der Waals surface area (Å²) in [6, 6.07) is 17.4. The third kappa shape index (κ3) is 5.82. The maximum absolute atomic E-state index is 13.0. The zero-order valence-electron chi connectivity index (χ0n) is 19.6. The summed E-state index contributed by atoms with van der Waals surface area (Å²) in [4.78, 5) is 31.3. The van der Waals surface area contributed by atoms with Crippen LogP contribution in [-0.2, 0) is 14.3 Å². The quantitative estimate of drug-likeness (QED) is 0.521. The second kappa shape index (κ2) is 11.0. The Balaban J connectivity index is 1.59. The molecule has 2 heterocycles. The smallest absolute Gasteiger partial charge is 0.246 e. The number of carbonyl (C=O) groups is 2. The van der Waals surface area contributed by atoms with E-state index in [4.69, 9.17) is 9.47 Å². The number of imidazole rings is 1. The predicted octanol–water partition coefficient (Wildman–Crippen LogP) is 3.90. The lowest BCUT2D eigenvalue weighted by molar-refractivity contribution is -0.134. The van der Waals surface area contributed by atoms with Crippen molar-refractivity contribution in [1.82, 2.24) is 14.5 Å². The first-order valence-corrected chi connectivity index (χ1v) is 11.6. The van der Waals surface area contributed by atoms with Gasteiger partial charge >= 0.3 is 0 Å². The maximum atomic E-state index is 13.0. The van der Waals surface area contributed by atoms with Crippen molar-refractivity contribution < 1.29 is 19.1 Å². The van der Waals surface area contributed by atoms with E-state index in [1.165, 1.54) is 11.8 Å². The molecule has 1 aromatic heterocycles. The van der Waals surface area contributed by atoms with Crippen LogP contribution in [0.4, 0.5) is 5.95 Å². The largest absolute Gasteiger partial charge is 0.494 e. The Morgan fingerprint density at radius 2 is 2.03 bits per heavy atom. The molecule has 34 heavy (non-hydrogen) atoms. The number of nitrogens with one attached hydrogen (secondary N) is 1. The molecule has 0 aliphatic carbocycles. The first-order chi connectivity index (χ1) is 16.5. The van der Waals surface area contributed by atoms with E-state index < -0.39 is 0 Å². The number of aromatic nitrogens is 2. The molecule has 1 unspecified atom stereocenters. The maximum Gasteiger partial charge on any atom is 0.246 e. The Hall–Kier alpha value is -3.65. The predicted molar refractivity (Wildman–Crippen MR) is 130 cm³/mol. The fourth-order valence-corrected chi connectivity index (χ4v) is 3.98. The molecule has 0 bridgehead atoms. The van der Waals surface area contributed by atoms with Crippen molar-refractivity contribution in [1.29, 1.82) is 0 Å². The summed E-state index contributed by atoms with van der Waals surface area (Å²) in [6.45, 7) is 4.99. The Bertz CT molecular complexity index is 1120. The van der Waals surface area contributed by atoms with Gasteiger partial charge in [0, 0.05) is 37.9 Å². The van der Waals surface area contributed by atoms with Crippen LogP contribution in [0.5, 0.6) is 5.75 Å². The van der Waals surface area contributed by atoms with Crippen LogP contribution >= 0.6 is 0 Å². The van der Waals surface area contributed by atoms with Gasteiger partial charge in [0.25, 0.3) is 0 Å². The zero-order valence-corrected chi connectivity index (χ0v) is 19.6. The second-order valence-corrected chi connectivity index (χ2v) is 8.20. The minimum Gasteiger partial charge on any atom is -0.494 e. The molecular weight excluding hydrogens is 432 g/mol. The van der Waals surface area contributed by atoms with Crippen molar-refractivity contribution in [3.8, 4) is 22.7 Å². The van der Waals surface area contributed by atoms with Gasteiger partial charge in [-0.3, -0.25) is 19.5 Å². The third-order valence-electron chi connectivity index (χ3n) is 5.66. The molecule has 0 radical (unpaired) electrons. The minimum atomic E-state index is -0.319. The van der Waals surface area contributed by atoms with Crippen molar-refractivity contribution in [3.05, 3.63) is 60.8 Å². The highest BCUT2D eigenvalue weighted by atomic mass is 16.5. The molecule has 0 saturated carbocycles. The van der Waals surface area contributed by atoms with E-state index in [1.54, 1.807) is 0 Å². The average Bonchev–Trinajstić information content (AvgIpc) is 3.50. The highest BCUT2D eigenvalue weighted by Gasteiger charge is 2.23. The number of anilines is 1. The molecule has 1 aliphatic heterocycles. The Morgan fingerprint density at radius 1 is 1.21 bits per heavy atom. The summed E-state index contributed by atoms with van der Waals surface area (Å²) in [6.07, 6.45) is 3.73. The number of hydrogen-bond donors (Lipinski definition) is 1. The van der Waals surface area contributed by atoms with Crippen molar-refractivity contribution in [3.63, 3.8) is 0 Å². The van der Waals surface area contributed by atoms with Crippen LogP contribution < -0.4 is 10.1 Å². The van der Waals surface area contributed by atoms with E-state index in [0.29, 0.717) is 25.7 Å². The Labute approximate surface area is 199 Å². The molecule has 2 amide bonds. The lowest BCUT2D eigenvalue weighted by atomic mass is 10.2. The Morgan fingerprint density at radius 3 is 2.74 bits per heavy atom. The van der Waals surface area contributed by atoms with Crippen molar-refractivity contribution >= 4 is 17.8 Å². The van der Waals surface area contributed by atoms with Gasteiger partial charge in [0.15, 0.2) is 0 Å². The van der Waals surface area contributed by atoms with Gasteiger partial charge in [-0.25, -0.2) is 4.98 Å². The molecule has 0 spiro atoms. The monoisotopic (exact) mass is 462 g/mol. The fourth-order valence-electron chi connectivity index (χ4n) is 3.98. The minimum absolute atomic E-state index is 0.0234. The number of carbonyl (C=O) groups excluding carboxylic acids is 2. The molecule has 1 aliphatic rings. The number of nitrogens with zero attached hydrogens (tertiary/aromatic N) is 3. The fraction of sp³-hybridized carbons (Fsp3) is 0.346. The molecule has 4 rings (SSSR count). The molecule has 8 nitrogen and oxygen atoms in total.